The Bertz CT molecular complexity index is 714. The van der Waals surface area contributed by atoms with Crippen molar-refractivity contribution in [3.63, 3.8) is 0 Å². The number of hydrogen-bond donors (Lipinski definition) is 0. The summed E-state index contributed by atoms with van der Waals surface area (Å²) in [5.74, 6) is 0.0252. The number of hydrogen-bond acceptors (Lipinski definition) is 1. The molecule has 0 spiro atoms. The number of anilines is 1. The molecule has 1 aliphatic rings. The van der Waals surface area contributed by atoms with Crippen molar-refractivity contribution in [2.45, 2.75) is 19.8 Å². The van der Waals surface area contributed by atoms with Crippen LogP contribution < -0.4 is 4.90 Å². The van der Waals surface area contributed by atoms with Gasteiger partial charge in [-0.15, -0.1) is 0 Å². The minimum absolute atomic E-state index is 0.0252. The fourth-order valence-corrected chi connectivity index (χ4v) is 3.22. The van der Waals surface area contributed by atoms with Crippen molar-refractivity contribution in [2.75, 3.05) is 11.4 Å². The SMILES string of the molecule is Cc1ccc2c(c1)CCCN2C(=O)c1ccc(Cl)c(Br)c1. The summed E-state index contributed by atoms with van der Waals surface area (Å²) >= 11 is 9.37. The third-order valence-corrected chi connectivity index (χ3v) is 4.98. The van der Waals surface area contributed by atoms with Crippen LogP contribution in [0.5, 0.6) is 0 Å². The molecule has 1 aliphatic heterocycles. The maximum absolute atomic E-state index is 12.8. The van der Waals surface area contributed by atoms with Gasteiger partial charge in [0.2, 0.25) is 0 Å². The number of carbonyl (C=O) groups excluding carboxylic acids is 1. The number of fused-ring (bicyclic) bond motifs is 1. The van der Waals surface area contributed by atoms with E-state index in [-0.39, 0.29) is 5.91 Å². The summed E-state index contributed by atoms with van der Waals surface area (Å²) in [4.78, 5) is 14.6. The van der Waals surface area contributed by atoms with Crippen LogP contribution in [-0.2, 0) is 6.42 Å². The first-order valence-corrected chi connectivity index (χ1v) is 8.10. The van der Waals surface area contributed by atoms with Crippen molar-refractivity contribution < 1.29 is 4.79 Å². The van der Waals surface area contributed by atoms with Crippen LogP contribution in [0, 0.1) is 6.92 Å². The Hall–Kier alpha value is -1.32. The van der Waals surface area contributed by atoms with E-state index in [2.05, 4.69) is 35.0 Å². The van der Waals surface area contributed by atoms with Gasteiger partial charge in [0.25, 0.3) is 5.91 Å². The summed E-state index contributed by atoms with van der Waals surface area (Å²) in [6, 6.07) is 11.6. The zero-order valence-corrected chi connectivity index (χ0v) is 14.0. The van der Waals surface area contributed by atoms with E-state index in [0.29, 0.717) is 10.6 Å². The summed E-state index contributed by atoms with van der Waals surface area (Å²) in [5, 5.41) is 0.612. The lowest BCUT2D eigenvalue weighted by molar-refractivity contribution is 0.0985. The maximum atomic E-state index is 12.8. The summed E-state index contributed by atoms with van der Waals surface area (Å²) in [6.07, 6.45) is 2.03. The molecule has 0 N–H and O–H groups in total. The number of halogens is 2. The van der Waals surface area contributed by atoms with E-state index in [4.69, 9.17) is 11.6 Å². The highest BCUT2D eigenvalue weighted by atomic mass is 79.9. The highest BCUT2D eigenvalue weighted by Crippen LogP contribution is 2.30. The molecule has 3 rings (SSSR count). The van der Waals surface area contributed by atoms with Crippen LogP contribution >= 0.6 is 27.5 Å². The zero-order valence-electron chi connectivity index (χ0n) is 11.7. The molecule has 0 saturated heterocycles. The first kappa shape index (κ1) is 14.6. The standard InChI is InChI=1S/C17H15BrClNO/c1-11-4-7-16-12(9-11)3-2-8-20(16)17(21)13-5-6-15(19)14(18)10-13/h4-7,9-10H,2-3,8H2,1H3. The first-order chi connectivity index (χ1) is 10.1. The summed E-state index contributed by atoms with van der Waals surface area (Å²) in [7, 11) is 0. The van der Waals surface area contributed by atoms with E-state index in [1.54, 1.807) is 18.2 Å². The lowest BCUT2D eigenvalue weighted by Gasteiger charge is -2.30. The van der Waals surface area contributed by atoms with E-state index in [1.165, 1.54) is 11.1 Å². The van der Waals surface area contributed by atoms with Crippen LogP contribution in [0.15, 0.2) is 40.9 Å². The Morgan fingerprint density at radius 1 is 1.24 bits per heavy atom. The number of benzene rings is 2. The molecule has 0 bridgehead atoms. The number of nitrogens with zero attached hydrogens (tertiary/aromatic N) is 1. The highest BCUT2D eigenvalue weighted by molar-refractivity contribution is 9.10. The van der Waals surface area contributed by atoms with Crippen molar-refractivity contribution >= 4 is 39.1 Å². The molecule has 0 aromatic heterocycles. The van der Waals surface area contributed by atoms with Gasteiger partial charge in [-0.3, -0.25) is 4.79 Å². The average molecular weight is 365 g/mol. The second kappa shape index (κ2) is 5.82. The van der Waals surface area contributed by atoms with Crippen LogP contribution in [0.1, 0.15) is 27.9 Å². The Labute approximate surface area is 137 Å². The molecule has 1 heterocycles. The molecule has 0 saturated carbocycles. The van der Waals surface area contributed by atoms with Gasteiger partial charge in [0.15, 0.2) is 0 Å². The van der Waals surface area contributed by atoms with E-state index in [1.807, 2.05) is 11.0 Å². The Kier molecular flexibility index (Phi) is 4.05. The van der Waals surface area contributed by atoms with E-state index < -0.39 is 0 Å². The fraction of sp³-hybridized carbons (Fsp3) is 0.235. The molecule has 0 unspecified atom stereocenters. The third kappa shape index (κ3) is 2.85. The molecule has 4 heteroatoms. The summed E-state index contributed by atoms with van der Waals surface area (Å²) in [6.45, 7) is 2.84. The monoisotopic (exact) mass is 363 g/mol. The number of amides is 1. The fourth-order valence-electron chi connectivity index (χ4n) is 2.72. The lowest BCUT2D eigenvalue weighted by atomic mass is 9.99. The molecule has 0 aliphatic carbocycles. The Morgan fingerprint density at radius 2 is 2.05 bits per heavy atom. The summed E-state index contributed by atoms with van der Waals surface area (Å²) in [5.41, 5.74) is 4.17. The van der Waals surface area contributed by atoms with Crippen molar-refractivity contribution in [1.82, 2.24) is 0 Å². The van der Waals surface area contributed by atoms with Crippen LogP contribution in [-0.4, -0.2) is 12.5 Å². The minimum Gasteiger partial charge on any atom is -0.308 e. The van der Waals surface area contributed by atoms with Crippen LogP contribution in [0.25, 0.3) is 0 Å². The van der Waals surface area contributed by atoms with Gasteiger partial charge in [0.1, 0.15) is 0 Å². The molecule has 1 amide bonds. The van der Waals surface area contributed by atoms with Crippen molar-refractivity contribution in [2.24, 2.45) is 0 Å². The quantitative estimate of drug-likeness (QED) is 0.697. The van der Waals surface area contributed by atoms with Crippen molar-refractivity contribution in [3.05, 3.63) is 62.6 Å². The van der Waals surface area contributed by atoms with Crippen molar-refractivity contribution in [3.8, 4) is 0 Å². The molecule has 0 fully saturated rings. The largest absolute Gasteiger partial charge is 0.308 e. The molecule has 2 aromatic rings. The van der Waals surface area contributed by atoms with E-state index in [9.17, 15) is 4.79 Å². The lowest BCUT2D eigenvalue weighted by Crippen LogP contribution is -2.35. The highest BCUT2D eigenvalue weighted by Gasteiger charge is 2.23. The van der Waals surface area contributed by atoms with Crippen LogP contribution in [0.2, 0.25) is 5.02 Å². The molecular weight excluding hydrogens is 350 g/mol. The van der Waals surface area contributed by atoms with Crippen LogP contribution in [0.4, 0.5) is 5.69 Å². The Balaban J connectivity index is 1.98. The van der Waals surface area contributed by atoms with Gasteiger partial charge in [-0.1, -0.05) is 29.3 Å². The molecule has 21 heavy (non-hydrogen) atoms. The number of rotatable bonds is 1. The van der Waals surface area contributed by atoms with Crippen molar-refractivity contribution in [1.29, 1.82) is 0 Å². The maximum Gasteiger partial charge on any atom is 0.258 e. The zero-order chi connectivity index (χ0) is 15.0. The van der Waals surface area contributed by atoms with Gasteiger partial charge in [0, 0.05) is 22.3 Å². The third-order valence-electron chi connectivity index (χ3n) is 3.77. The Morgan fingerprint density at radius 3 is 2.81 bits per heavy atom. The minimum atomic E-state index is 0.0252. The molecule has 0 radical (unpaired) electrons. The second-order valence-corrected chi connectivity index (χ2v) is 6.58. The van der Waals surface area contributed by atoms with Gasteiger partial charge in [-0.2, -0.15) is 0 Å². The molecule has 0 atom stereocenters. The predicted octanol–water partition coefficient (Wildman–Crippen LogP) is 5.00. The first-order valence-electron chi connectivity index (χ1n) is 6.93. The van der Waals surface area contributed by atoms with Gasteiger partial charge in [-0.25, -0.2) is 0 Å². The van der Waals surface area contributed by atoms with Gasteiger partial charge in [-0.05, 0) is 65.5 Å². The molecular formula is C17H15BrClNO. The second-order valence-electron chi connectivity index (χ2n) is 5.32. The van der Waals surface area contributed by atoms with Crippen LogP contribution in [0.3, 0.4) is 0 Å². The summed E-state index contributed by atoms with van der Waals surface area (Å²) < 4.78 is 0.746. The molecule has 2 aromatic carbocycles. The molecule has 108 valence electrons. The van der Waals surface area contributed by atoms with E-state index in [0.717, 1.165) is 29.5 Å². The van der Waals surface area contributed by atoms with Gasteiger partial charge in [0.05, 0.1) is 5.02 Å². The normalized spacial score (nSPS) is 14.0. The van der Waals surface area contributed by atoms with Gasteiger partial charge >= 0.3 is 0 Å². The molecule has 2 nitrogen and oxygen atoms in total. The average Bonchev–Trinajstić information content (AvgIpc) is 2.48. The number of carbonyl (C=O) groups is 1. The smallest absolute Gasteiger partial charge is 0.258 e. The van der Waals surface area contributed by atoms with Gasteiger partial charge < -0.3 is 4.90 Å². The predicted molar refractivity (Wildman–Crippen MR) is 90.3 cm³/mol. The van der Waals surface area contributed by atoms with E-state index >= 15 is 0 Å². The topological polar surface area (TPSA) is 20.3 Å². The number of aryl methyl sites for hydroxylation is 2.